The molecule has 0 radical (unpaired) electrons. The first-order valence-corrected chi connectivity index (χ1v) is 6.22. The van der Waals surface area contributed by atoms with Crippen molar-refractivity contribution in [2.75, 3.05) is 0 Å². The number of hydrogen-bond acceptors (Lipinski definition) is 0. The average Bonchev–Trinajstić information content (AvgIpc) is 2.32. The lowest BCUT2D eigenvalue weighted by molar-refractivity contribution is 0.622. The maximum absolute atomic E-state index is 13.3. The van der Waals surface area contributed by atoms with E-state index in [0.29, 0.717) is 12.0 Å². The van der Waals surface area contributed by atoms with Crippen LogP contribution in [0.1, 0.15) is 16.5 Å². The van der Waals surface area contributed by atoms with Crippen molar-refractivity contribution in [2.45, 2.75) is 11.8 Å². The van der Waals surface area contributed by atoms with E-state index < -0.39 is 11.2 Å². The van der Waals surface area contributed by atoms with Crippen LogP contribution in [0.15, 0.2) is 42.5 Å². The van der Waals surface area contributed by atoms with Gasteiger partial charge in [0.2, 0.25) is 0 Å². The molecule has 1 unspecified atom stereocenters. The van der Waals surface area contributed by atoms with Gasteiger partial charge in [0, 0.05) is 0 Å². The lowest BCUT2D eigenvalue weighted by atomic mass is 10.0. The number of rotatable bonds is 3. The molecule has 0 saturated carbocycles. The summed E-state index contributed by atoms with van der Waals surface area (Å²) in [5.41, 5.74) is 1.26. The lowest BCUT2D eigenvalue weighted by Gasteiger charge is -2.12. The van der Waals surface area contributed by atoms with E-state index in [2.05, 4.69) is 0 Å². The third kappa shape index (κ3) is 3.01. The summed E-state index contributed by atoms with van der Waals surface area (Å²) in [6.07, 6.45) is 0.391. The Hall–Kier alpha value is -1.12. The molecule has 0 heterocycles. The second-order valence-corrected chi connectivity index (χ2v) is 4.85. The van der Waals surface area contributed by atoms with Gasteiger partial charge in [-0.25, -0.2) is 8.78 Å². The van der Waals surface area contributed by atoms with Gasteiger partial charge in [0.05, 0.1) is 10.4 Å². The van der Waals surface area contributed by atoms with Crippen LogP contribution >= 0.6 is 23.2 Å². The molecular weight excluding hydrogens is 277 g/mol. The van der Waals surface area contributed by atoms with Crippen LogP contribution < -0.4 is 0 Å². The first kappa shape index (κ1) is 13.3. The van der Waals surface area contributed by atoms with Crippen LogP contribution in [0, 0.1) is 11.6 Å². The van der Waals surface area contributed by atoms with Crippen LogP contribution in [0.4, 0.5) is 8.78 Å². The van der Waals surface area contributed by atoms with E-state index >= 15 is 0 Å². The van der Waals surface area contributed by atoms with Gasteiger partial charge in [-0.1, -0.05) is 35.9 Å². The van der Waals surface area contributed by atoms with E-state index in [-0.39, 0.29) is 10.8 Å². The minimum Gasteiger partial charge on any atom is -0.207 e. The Morgan fingerprint density at radius 2 is 1.78 bits per heavy atom. The molecule has 1 atom stereocenters. The monoisotopic (exact) mass is 286 g/mol. The number of hydrogen-bond donors (Lipinski definition) is 0. The third-order valence-electron chi connectivity index (χ3n) is 2.62. The summed E-state index contributed by atoms with van der Waals surface area (Å²) < 4.78 is 26.3. The first-order valence-electron chi connectivity index (χ1n) is 5.40. The molecule has 0 aliphatic carbocycles. The van der Waals surface area contributed by atoms with Crippen molar-refractivity contribution in [3.8, 4) is 0 Å². The third-order valence-corrected chi connectivity index (χ3v) is 3.41. The van der Waals surface area contributed by atoms with Crippen molar-refractivity contribution in [2.24, 2.45) is 0 Å². The molecule has 0 N–H and O–H groups in total. The summed E-state index contributed by atoms with van der Waals surface area (Å²) in [7, 11) is 0. The molecule has 0 aliphatic heterocycles. The summed E-state index contributed by atoms with van der Waals surface area (Å²) in [5, 5.41) is -0.469. The smallest absolute Gasteiger partial charge is 0.142 e. The van der Waals surface area contributed by atoms with Gasteiger partial charge in [0.1, 0.15) is 11.6 Å². The van der Waals surface area contributed by atoms with Gasteiger partial charge in [-0.15, -0.1) is 11.6 Å². The predicted molar refractivity (Wildman–Crippen MR) is 70.1 cm³/mol. The van der Waals surface area contributed by atoms with E-state index in [1.807, 2.05) is 0 Å². The maximum Gasteiger partial charge on any atom is 0.142 e. The quantitative estimate of drug-likeness (QED) is 0.685. The van der Waals surface area contributed by atoms with Crippen LogP contribution in [0.2, 0.25) is 5.02 Å². The molecular formula is C14H10Cl2F2. The zero-order valence-corrected chi connectivity index (χ0v) is 10.8. The van der Waals surface area contributed by atoms with Gasteiger partial charge in [0.15, 0.2) is 0 Å². The fraction of sp³-hybridized carbons (Fsp3) is 0.143. The number of halogens is 4. The van der Waals surface area contributed by atoms with Gasteiger partial charge in [-0.3, -0.25) is 0 Å². The summed E-state index contributed by atoms with van der Waals surface area (Å²) in [6.45, 7) is 0. The van der Waals surface area contributed by atoms with Gasteiger partial charge in [-0.2, -0.15) is 0 Å². The lowest BCUT2D eigenvalue weighted by Crippen LogP contribution is -1.98. The van der Waals surface area contributed by atoms with Crippen molar-refractivity contribution >= 4 is 23.2 Å². The molecule has 0 fully saturated rings. The molecule has 4 heteroatoms. The first-order chi connectivity index (χ1) is 8.58. The molecule has 2 rings (SSSR count). The number of benzene rings is 2. The fourth-order valence-corrected chi connectivity index (χ4v) is 2.42. The topological polar surface area (TPSA) is 0 Å². The second kappa shape index (κ2) is 5.68. The number of alkyl halides is 1. The average molecular weight is 287 g/mol. The molecule has 18 heavy (non-hydrogen) atoms. The van der Waals surface area contributed by atoms with E-state index in [9.17, 15) is 8.78 Å². The largest absolute Gasteiger partial charge is 0.207 e. The standard InChI is InChI=1S/C14H10Cl2F2/c15-12(8-9-3-1-4-10(17)7-9)11-5-2-6-13(18)14(11)16/h1-7,12H,8H2. The van der Waals surface area contributed by atoms with Crippen LogP contribution in [-0.4, -0.2) is 0 Å². The highest BCUT2D eigenvalue weighted by atomic mass is 35.5. The SMILES string of the molecule is Fc1cccc(CC(Cl)c2cccc(F)c2Cl)c1. The van der Waals surface area contributed by atoms with Gasteiger partial charge < -0.3 is 0 Å². The molecule has 0 aromatic heterocycles. The van der Waals surface area contributed by atoms with E-state index in [1.54, 1.807) is 24.3 Å². The molecule has 2 aromatic rings. The maximum atomic E-state index is 13.3. The van der Waals surface area contributed by atoms with Gasteiger partial charge in [0.25, 0.3) is 0 Å². The summed E-state index contributed by atoms with van der Waals surface area (Å²) in [4.78, 5) is 0. The Kier molecular flexibility index (Phi) is 4.20. The highest BCUT2D eigenvalue weighted by Crippen LogP contribution is 2.32. The normalized spacial score (nSPS) is 12.4. The Morgan fingerprint density at radius 1 is 1.06 bits per heavy atom. The Balaban J connectivity index is 2.22. The molecule has 2 aromatic carbocycles. The van der Waals surface area contributed by atoms with Crippen LogP contribution in [0.3, 0.4) is 0 Å². The molecule has 94 valence electrons. The van der Waals surface area contributed by atoms with Crippen LogP contribution in [-0.2, 0) is 6.42 Å². The Morgan fingerprint density at radius 3 is 2.50 bits per heavy atom. The van der Waals surface area contributed by atoms with E-state index in [4.69, 9.17) is 23.2 Å². The molecule has 0 aliphatic rings. The predicted octanol–water partition coefficient (Wildman–Crippen LogP) is 5.14. The minimum atomic E-state index is -0.501. The van der Waals surface area contributed by atoms with E-state index in [1.165, 1.54) is 18.2 Å². The highest BCUT2D eigenvalue weighted by Gasteiger charge is 2.15. The van der Waals surface area contributed by atoms with Crippen molar-refractivity contribution in [3.63, 3.8) is 0 Å². The van der Waals surface area contributed by atoms with Crippen LogP contribution in [0.5, 0.6) is 0 Å². The summed E-state index contributed by atoms with van der Waals surface area (Å²) >= 11 is 12.0. The summed E-state index contributed by atoms with van der Waals surface area (Å²) in [5.74, 6) is -0.819. The van der Waals surface area contributed by atoms with E-state index in [0.717, 1.165) is 5.56 Å². The van der Waals surface area contributed by atoms with Crippen molar-refractivity contribution in [3.05, 3.63) is 70.2 Å². The fourth-order valence-electron chi connectivity index (χ4n) is 1.74. The molecule has 0 amide bonds. The molecule has 0 nitrogen and oxygen atoms in total. The van der Waals surface area contributed by atoms with Crippen LogP contribution in [0.25, 0.3) is 0 Å². The Bertz CT molecular complexity index is 555. The summed E-state index contributed by atoms with van der Waals surface area (Å²) in [6, 6.07) is 10.6. The second-order valence-electron chi connectivity index (χ2n) is 3.94. The molecule has 0 bridgehead atoms. The Labute approximate surface area is 114 Å². The van der Waals surface area contributed by atoms with Crippen molar-refractivity contribution in [1.29, 1.82) is 0 Å². The van der Waals surface area contributed by atoms with Crippen molar-refractivity contribution < 1.29 is 8.78 Å². The van der Waals surface area contributed by atoms with Gasteiger partial charge >= 0.3 is 0 Å². The minimum absolute atomic E-state index is 0.0221. The van der Waals surface area contributed by atoms with Gasteiger partial charge in [-0.05, 0) is 35.7 Å². The molecule has 0 spiro atoms. The zero-order chi connectivity index (χ0) is 13.1. The molecule has 0 saturated heterocycles. The van der Waals surface area contributed by atoms with Crippen molar-refractivity contribution in [1.82, 2.24) is 0 Å². The highest BCUT2D eigenvalue weighted by molar-refractivity contribution is 6.33. The zero-order valence-electron chi connectivity index (χ0n) is 9.34.